The number of aromatic nitrogens is 4. The Labute approximate surface area is 162 Å². The summed E-state index contributed by atoms with van der Waals surface area (Å²) < 4.78 is 5.31. The van der Waals surface area contributed by atoms with Gasteiger partial charge in [0.2, 0.25) is 0 Å². The highest BCUT2D eigenvalue weighted by molar-refractivity contribution is 7.09. The van der Waals surface area contributed by atoms with Gasteiger partial charge in [-0.05, 0) is 32.9 Å². The van der Waals surface area contributed by atoms with Crippen LogP contribution in [0.4, 0.5) is 5.82 Å². The van der Waals surface area contributed by atoms with Crippen LogP contribution in [0.25, 0.3) is 11.4 Å². The van der Waals surface area contributed by atoms with Gasteiger partial charge in [0.05, 0.1) is 12.2 Å². The molecule has 0 bridgehead atoms. The molecule has 1 N–H and O–H groups in total. The summed E-state index contributed by atoms with van der Waals surface area (Å²) in [6, 6.07) is 3.82. The molecule has 0 aliphatic carbocycles. The summed E-state index contributed by atoms with van der Waals surface area (Å²) in [5, 5.41) is 3.01. The average molecular weight is 385 g/mol. The van der Waals surface area contributed by atoms with E-state index in [9.17, 15) is 4.79 Å². The lowest BCUT2D eigenvalue weighted by molar-refractivity contribution is 0.119. The van der Waals surface area contributed by atoms with Crippen LogP contribution in [0, 0.1) is 13.8 Å². The molecule has 3 aromatic heterocycles. The van der Waals surface area contributed by atoms with Crippen molar-refractivity contribution in [2.75, 3.05) is 19.1 Å². The molecule has 0 aliphatic rings. The third-order valence-corrected chi connectivity index (χ3v) is 5.53. The number of nitrogens with one attached hydrogen (secondary N) is 1. The third kappa shape index (κ3) is 4.23. The third-order valence-electron chi connectivity index (χ3n) is 4.48. The van der Waals surface area contributed by atoms with Crippen molar-refractivity contribution in [2.45, 2.75) is 33.4 Å². The van der Waals surface area contributed by atoms with E-state index >= 15 is 0 Å². The molecule has 0 saturated heterocycles. The molecule has 0 saturated carbocycles. The van der Waals surface area contributed by atoms with Crippen LogP contribution in [0.3, 0.4) is 0 Å². The molecule has 0 radical (unpaired) electrons. The Morgan fingerprint density at radius 3 is 2.70 bits per heavy atom. The van der Waals surface area contributed by atoms with Gasteiger partial charge in [-0.15, -0.1) is 11.3 Å². The average Bonchev–Trinajstić information content (AvgIpc) is 3.13. The Bertz CT molecular complexity index is 981. The summed E-state index contributed by atoms with van der Waals surface area (Å²) in [4.78, 5) is 30.3. The molecule has 0 fully saturated rings. The van der Waals surface area contributed by atoms with Gasteiger partial charge in [0.15, 0.2) is 0 Å². The number of hydrogen-bond acceptors (Lipinski definition) is 7. The minimum absolute atomic E-state index is 0.000846. The van der Waals surface area contributed by atoms with Crippen molar-refractivity contribution in [1.82, 2.24) is 19.9 Å². The number of ether oxygens (including phenoxy) is 1. The van der Waals surface area contributed by atoms with E-state index in [4.69, 9.17) is 4.74 Å². The van der Waals surface area contributed by atoms with Gasteiger partial charge in [-0.2, -0.15) is 0 Å². The van der Waals surface area contributed by atoms with E-state index in [0.29, 0.717) is 17.9 Å². The standard InChI is InChI=1S/C19H23N5O2S/c1-11-12(2)21-17(23-18(11)25)14-6-7-16(20-8-14)24(4)9-15-10-27-19(22-15)13(3)26-5/h6-8,10,13H,9H2,1-5H3,(H,21,23,25). The van der Waals surface area contributed by atoms with E-state index in [1.165, 1.54) is 0 Å². The fourth-order valence-corrected chi connectivity index (χ4v) is 3.38. The predicted octanol–water partition coefficient (Wildman–Crippen LogP) is 3.25. The number of anilines is 1. The smallest absolute Gasteiger partial charge is 0.254 e. The number of rotatable bonds is 6. The largest absolute Gasteiger partial charge is 0.375 e. The molecular formula is C19H23N5O2S. The van der Waals surface area contributed by atoms with Crippen molar-refractivity contribution in [3.63, 3.8) is 0 Å². The first-order chi connectivity index (χ1) is 12.9. The highest BCUT2D eigenvalue weighted by Crippen LogP contribution is 2.22. The van der Waals surface area contributed by atoms with Crippen molar-refractivity contribution in [3.8, 4) is 11.4 Å². The topological polar surface area (TPSA) is 84.0 Å². The maximum absolute atomic E-state index is 11.9. The maximum atomic E-state index is 11.9. The highest BCUT2D eigenvalue weighted by atomic mass is 32.1. The first-order valence-corrected chi connectivity index (χ1v) is 9.49. The SMILES string of the molecule is COC(C)c1nc(CN(C)c2ccc(-c3nc(C)c(C)c(=O)[nH]3)cn2)cs1. The minimum Gasteiger partial charge on any atom is -0.375 e. The first kappa shape index (κ1) is 19.2. The van der Waals surface area contributed by atoms with Crippen LogP contribution in [0.5, 0.6) is 0 Å². The van der Waals surface area contributed by atoms with E-state index in [-0.39, 0.29) is 11.7 Å². The van der Waals surface area contributed by atoms with Crippen molar-refractivity contribution in [1.29, 1.82) is 0 Å². The molecule has 142 valence electrons. The van der Waals surface area contributed by atoms with Crippen molar-refractivity contribution in [3.05, 3.63) is 56.0 Å². The van der Waals surface area contributed by atoms with Crippen molar-refractivity contribution < 1.29 is 4.74 Å². The molecular weight excluding hydrogens is 362 g/mol. The van der Waals surface area contributed by atoms with E-state index in [1.54, 1.807) is 31.6 Å². The van der Waals surface area contributed by atoms with E-state index < -0.39 is 0 Å². The Morgan fingerprint density at radius 2 is 2.07 bits per heavy atom. The fourth-order valence-electron chi connectivity index (χ4n) is 2.54. The zero-order chi connectivity index (χ0) is 19.6. The number of aromatic amines is 1. The number of methoxy groups -OCH3 is 1. The van der Waals surface area contributed by atoms with Crippen LogP contribution in [0.2, 0.25) is 0 Å². The van der Waals surface area contributed by atoms with Gasteiger partial charge >= 0.3 is 0 Å². The number of thiazole rings is 1. The Morgan fingerprint density at radius 1 is 1.30 bits per heavy atom. The Hall–Kier alpha value is -2.58. The fraction of sp³-hybridized carbons (Fsp3) is 0.368. The van der Waals surface area contributed by atoms with Crippen LogP contribution in [0.1, 0.15) is 35.0 Å². The maximum Gasteiger partial charge on any atom is 0.254 e. The predicted molar refractivity (Wildman–Crippen MR) is 107 cm³/mol. The second-order valence-corrected chi connectivity index (χ2v) is 7.33. The van der Waals surface area contributed by atoms with Crippen molar-refractivity contribution in [2.24, 2.45) is 0 Å². The lowest BCUT2D eigenvalue weighted by Crippen LogP contribution is -2.18. The summed E-state index contributed by atoms with van der Waals surface area (Å²) in [6.07, 6.45) is 1.72. The van der Waals surface area contributed by atoms with Crippen LogP contribution in [-0.2, 0) is 11.3 Å². The summed E-state index contributed by atoms with van der Waals surface area (Å²) >= 11 is 1.60. The second kappa shape index (κ2) is 7.98. The van der Waals surface area contributed by atoms with Gasteiger partial charge in [-0.1, -0.05) is 0 Å². The second-order valence-electron chi connectivity index (χ2n) is 6.44. The van der Waals surface area contributed by atoms with Gasteiger partial charge in [0.25, 0.3) is 5.56 Å². The van der Waals surface area contributed by atoms with Crippen LogP contribution >= 0.6 is 11.3 Å². The van der Waals surface area contributed by atoms with Crippen LogP contribution in [-0.4, -0.2) is 34.1 Å². The molecule has 0 aliphatic heterocycles. The summed E-state index contributed by atoms with van der Waals surface area (Å²) in [5.41, 5.74) is 2.99. The Kier molecular flexibility index (Phi) is 5.67. The molecule has 7 nitrogen and oxygen atoms in total. The van der Waals surface area contributed by atoms with Gasteiger partial charge in [-0.25, -0.2) is 15.0 Å². The highest BCUT2D eigenvalue weighted by Gasteiger charge is 2.12. The lowest BCUT2D eigenvalue weighted by Gasteiger charge is -2.17. The molecule has 3 rings (SSSR count). The van der Waals surface area contributed by atoms with E-state index in [2.05, 4.69) is 19.9 Å². The molecule has 1 unspecified atom stereocenters. The number of nitrogens with zero attached hydrogens (tertiary/aromatic N) is 4. The zero-order valence-electron chi connectivity index (χ0n) is 16.1. The zero-order valence-corrected chi connectivity index (χ0v) is 16.9. The van der Waals surface area contributed by atoms with Gasteiger partial charge in [0.1, 0.15) is 22.8 Å². The molecule has 27 heavy (non-hydrogen) atoms. The van der Waals surface area contributed by atoms with Gasteiger partial charge in [-0.3, -0.25) is 4.79 Å². The molecule has 1 atom stereocenters. The quantitative estimate of drug-likeness (QED) is 0.701. The molecule has 0 amide bonds. The van der Waals surface area contributed by atoms with Crippen LogP contribution < -0.4 is 10.5 Å². The van der Waals surface area contributed by atoms with Gasteiger partial charge < -0.3 is 14.6 Å². The number of aryl methyl sites for hydroxylation is 1. The number of pyridine rings is 1. The Balaban J connectivity index is 1.75. The monoisotopic (exact) mass is 385 g/mol. The van der Waals surface area contributed by atoms with Crippen LogP contribution in [0.15, 0.2) is 28.5 Å². The summed E-state index contributed by atoms with van der Waals surface area (Å²) in [7, 11) is 3.65. The molecule has 0 spiro atoms. The minimum atomic E-state index is -0.122. The first-order valence-electron chi connectivity index (χ1n) is 8.61. The van der Waals surface area contributed by atoms with Crippen molar-refractivity contribution >= 4 is 17.2 Å². The normalized spacial score (nSPS) is 12.2. The molecule has 3 aromatic rings. The number of hydrogen-bond donors (Lipinski definition) is 1. The molecule has 8 heteroatoms. The van der Waals surface area contributed by atoms with E-state index in [1.807, 2.05) is 43.3 Å². The summed E-state index contributed by atoms with van der Waals surface area (Å²) in [5.74, 6) is 1.35. The van der Waals surface area contributed by atoms with Gasteiger partial charge in [0, 0.05) is 42.6 Å². The molecule has 0 aromatic carbocycles. The summed E-state index contributed by atoms with van der Waals surface area (Å²) in [6.45, 7) is 6.23. The molecule has 3 heterocycles. The van der Waals surface area contributed by atoms with E-state index in [0.717, 1.165) is 27.8 Å². The lowest BCUT2D eigenvalue weighted by atomic mass is 10.2. The number of H-pyrrole nitrogens is 1.